The molecule has 1 unspecified atom stereocenters. The van der Waals surface area contributed by atoms with Crippen molar-refractivity contribution in [3.8, 4) is 0 Å². The average molecular weight is 256 g/mol. The second kappa shape index (κ2) is 8.86. The van der Waals surface area contributed by atoms with Gasteiger partial charge in [0.25, 0.3) is 0 Å². The zero-order chi connectivity index (χ0) is 13.4. The molecule has 108 valence electrons. The summed E-state index contributed by atoms with van der Waals surface area (Å²) in [5.41, 5.74) is 0. The van der Waals surface area contributed by atoms with Gasteiger partial charge in [-0.2, -0.15) is 0 Å². The van der Waals surface area contributed by atoms with Crippen molar-refractivity contribution in [3.05, 3.63) is 0 Å². The van der Waals surface area contributed by atoms with Gasteiger partial charge in [-0.3, -0.25) is 4.90 Å². The van der Waals surface area contributed by atoms with Gasteiger partial charge in [0, 0.05) is 58.4 Å². The first-order valence-corrected chi connectivity index (χ1v) is 7.45. The van der Waals surface area contributed by atoms with E-state index in [1.807, 2.05) is 0 Å². The highest BCUT2D eigenvalue weighted by molar-refractivity contribution is 4.70. The highest BCUT2D eigenvalue weighted by Gasteiger charge is 2.12. The SMILES string of the molecule is CCC(C)N(C)CCNCCN1CCN(C)CC1. The topological polar surface area (TPSA) is 21.8 Å². The molecule has 1 aliphatic rings. The maximum absolute atomic E-state index is 3.56. The van der Waals surface area contributed by atoms with E-state index in [9.17, 15) is 0 Å². The summed E-state index contributed by atoms with van der Waals surface area (Å²) in [7, 11) is 4.43. The Hall–Kier alpha value is -0.160. The molecule has 0 aromatic rings. The highest BCUT2D eigenvalue weighted by Crippen LogP contribution is 1.99. The Balaban J connectivity index is 1.95. The minimum absolute atomic E-state index is 0.699. The van der Waals surface area contributed by atoms with Gasteiger partial charge in [0.15, 0.2) is 0 Å². The fraction of sp³-hybridized carbons (Fsp3) is 1.00. The Morgan fingerprint density at radius 3 is 2.44 bits per heavy atom. The van der Waals surface area contributed by atoms with Crippen LogP contribution in [0.4, 0.5) is 0 Å². The monoisotopic (exact) mass is 256 g/mol. The van der Waals surface area contributed by atoms with Gasteiger partial charge >= 0.3 is 0 Å². The number of likely N-dealkylation sites (N-methyl/N-ethyl adjacent to an activating group) is 2. The third-order valence-corrected chi connectivity index (χ3v) is 4.19. The van der Waals surface area contributed by atoms with Crippen molar-refractivity contribution < 1.29 is 0 Å². The zero-order valence-corrected chi connectivity index (χ0v) is 12.8. The molecule has 0 radical (unpaired) electrons. The predicted octanol–water partition coefficient (Wildman–Crippen LogP) is 0.554. The Labute approximate surface area is 113 Å². The van der Waals surface area contributed by atoms with Crippen molar-refractivity contribution in [2.45, 2.75) is 26.3 Å². The number of piperazine rings is 1. The molecule has 1 aliphatic heterocycles. The van der Waals surface area contributed by atoms with Crippen LogP contribution in [0.25, 0.3) is 0 Å². The summed E-state index contributed by atoms with van der Waals surface area (Å²) in [4.78, 5) is 7.40. The summed E-state index contributed by atoms with van der Waals surface area (Å²) in [6, 6.07) is 0.699. The van der Waals surface area contributed by atoms with Gasteiger partial charge in [0.05, 0.1) is 0 Å². The van der Waals surface area contributed by atoms with Gasteiger partial charge in [-0.1, -0.05) is 6.92 Å². The first-order chi connectivity index (χ1) is 8.63. The summed E-state index contributed by atoms with van der Waals surface area (Å²) in [5.74, 6) is 0. The molecule has 1 rings (SSSR count). The predicted molar refractivity (Wildman–Crippen MR) is 79.2 cm³/mol. The summed E-state index contributed by atoms with van der Waals surface area (Å²) in [5, 5.41) is 3.56. The lowest BCUT2D eigenvalue weighted by Gasteiger charge is -2.32. The minimum atomic E-state index is 0.699. The molecule has 4 nitrogen and oxygen atoms in total. The lowest BCUT2D eigenvalue weighted by molar-refractivity contribution is 0.154. The molecule has 1 atom stereocenters. The van der Waals surface area contributed by atoms with E-state index in [1.54, 1.807) is 0 Å². The fourth-order valence-electron chi connectivity index (χ4n) is 2.22. The molecular formula is C14H32N4. The molecule has 0 spiro atoms. The normalized spacial score (nSPS) is 20.5. The lowest BCUT2D eigenvalue weighted by Crippen LogP contribution is -2.46. The number of nitrogens with one attached hydrogen (secondary N) is 1. The maximum atomic E-state index is 3.56. The van der Waals surface area contributed by atoms with Gasteiger partial charge in [0.1, 0.15) is 0 Å². The van der Waals surface area contributed by atoms with E-state index in [1.165, 1.54) is 39.1 Å². The van der Waals surface area contributed by atoms with Gasteiger partial charge in [0.2, 0.25) is 0 Å². The molecule has 18 heavy (non-hydrogen) atoms. The standard InChI is InChI=1S/C14H32N4/c1-5-14(2)17(4)8-6-15-7-9-18-12-10-16(3)11-13-18/h14-15H,5-13H2,1-4H3. The highest BCUT2D eigenvalue weighted by atomic mass is 15.2. The molecule has 0 amide bonds. The Kier molecular flexibility index (Phi) is 7.82. The largest absolute Gasteiger partial charge is 0.314 e. The average Bonchev–Trinajstić information content (AvgIpc) is 2.39. The molecule has 0 bridgehead atoms. The Morgan fingerprint density at radius 1 is 1.17 bits per heavy atom. The molecule has 0 aromatic carbocycles. The van der Waals surface area contributed by atoms with Crippen molar-refractivity contribution in [3.63, 3.8) is 0 Å². The number of rotatable bonds is 8. The van der Waals surface area contributed by atoms with E-state index in [4.69, 9.17) is 0 Å². The lowest BCUT2D eigenvalue weighted by atomic mass is 10.2. The van der Waals surface area contributed by atoms with Gasteiger partial charge in [-0.05, 0) is 27.4 Å². The summed E-state index contributed by atoms with van der Waals surface area (Å²) in [6.45, 7) is 14.0. The van der Waals surface area contributed by atoms with Crippen molar-refractivity contribution in [1.29, 1.82) is 0 Å². The van der Waals surface area contributed by atoms with Crippen LogP contribution in [-0.2, 0) is 0 Å². The van der Waals surface area contributed by atoms with Crippen molar-refractivity contribution in [1.82, 2.24) is 20.0 Å². The smallest absolute Gasteiger partial charge is 0.0110 e. The second-order valence-corrected chi connectivity index (χ2v) is 5.63. The van der Waals surface area contributed by atoms with Crippen LogP contribution in [0.2, 0.25) is 0 Å². The molecule has 4 heteroatoms. The molecule has 0 saturated carbocycles. The molecular weight excluding hydrogens is 224 g/mol. The fourth-order valence-corrected chi connectivity index (χ4v) is 2.22. The number of nitrogens with zero attached hydrogens (tertiary/aromatic N) is 3. The Morgan fingerprint density at radius 2 is 1.83 bits per heavy atom. The summed E-state index contributed by atoms with van der Waals surface area (Å²) < 4.78 is 0. The maximum Gasteiger partial charge on any atom is 0.0110 e. The van der Waals surface area contributed by atoms with E-state index in [0.717, 1.165) is 19.6 Å². The van der Waals surface area contributed by atoms with Gasteiger partial charge in [-0.25, -0.2) is 0 Å². The number of hydrogen-bond acceptors (Lipinski definition) is 4. The third-order valence-electron chi connectivity index (χ3n) is 4.19. The van der Waals surface area contributed by atoms with Crippen LogP contribution in [0.5, 0.6) is 0 Å². The van der Waals surface area contributed by atoms with E-state index >= 15 is 0 Å². The van der Waals surface area contributed by atoms with E-state index in [-0.39, 0.29) is 0 Å². The van der Waals surface area contributed by atoms with Crippen LogP contribution in [0, 0.1) is 0 Å². The summed E-state index contributed by atoms with van der Waals surface area (Å²) >= 11 is 0. The Bertz CT molecular complexity index is 202. The van der Waals surface area contributed by atoms with Crippen LogP contribution < -0.4 is 5.32 Å². The number of hydrogen-bond donors (Lipinski definition) is 1. The minimum Gasteiger partial charge on any atom is -0.314 e. The molecule has 1 saturated heterocycles. The molecule has 0 aliphatic carbocycles. The van der Waals surface area contributed by atoms with Crippen molar-refractivity contribution in [2.75, 3.05) is 66.5 Å². The van der Waals surface area contributed by atoms with Crippen molar-refractivity contribution >= 4 is 0 Å². The molecule has 0 aromatic heterocycles. The van der Waals surface area contributed by atoms with Crippen LogP contribution in [0.15, 0.2) is 0 Å². The van der Waals surface area contributed by atoms with Crippen LogP contribution in [-0.4, -0.2) is 87.2 Å². The van der Waals surface area contributed by atoms with Gasteiger partial charge < -0.3 is 15.1 Å². The van der Waals surface area contributed by atoms with Crippen LogP contribution >= 0.6 is 0 Å². The first kappa shape index (κ1) is 15.9. The molecule has 1 heterocycles. The third kappa shape index (κ3) is 6.14. The van der Waals surface area contributed by atoms with Crippen LogP contribution in [0.1, 0.15) is 20.3 Å². The second-order valence-electron chi connectivity index (χ2n) is 5.63. The van der Waals surface area contributed by atoms with Crippen molar-refractivity contribution in [2.24, 2.45) is 0 Å². The van der Waals surface area contributed by atoms with E-state index in [0.29, 0.717) is 6.04 Å². The zero-order valence-electron chi connectivity index (χ0n) is 12.8. The summed E-state index contributed by atoms with van der Waals surface area (Å²) in [6.07, 6.45) is 1.23. The molecule has 1 N–H and O–H groups in total. The van der Waals surface area contributed by atoms with E-state index < -0.39 is 0 Å². The van der Waals surface area contributed by atoms with Gasteiger partial charge in [-0.15, -0.1) is 0 Å². The van der Waals surface area contributed by atoms with Crippen LogP contribution in [0.3, 0.4) is 0 Å². The van der Waals surface area contributed by atoms with E-state index in [2.05, 4.69) is 48.0 Å². The molecule has 1 fully saturated rings. The quantitative estimate of drug-likeness (QED) is 0.640. The first-order valence-electron chi connectivity index (χ1n) is 7.45.